The van der Waals surface area contributed by atoms with E-state index in [9.17, 15) is 14.4 Å². The largest absolute Gasteiger partial charge is 0.497 e. The number of fused-ring (bicyclic) bond motifs is 7. The van der Waals surface area contributed by atoms with Gasteiger partial charge in [0.05, 0.1) is 37.4 Å². The van der Waals surface area contributed by atoms with Crippen LogP contribution in [0.5, 0.6) is 5.75 Å². The summed E-state index contributed by atoms with van der Waals surface area (Å²) in [7, 11) is 1.57. The molecule has 2 heterocycles. The summed E-state index contributed by atoms with van der Waals surface area (Å²) in [6.07, 6.45) is -1.39. The molecule has 1 aliphatic carbocycles. The summed E-state index contributed by atoms with van der Waals surface area (Å²) in [5.41, 5.74) is 1.37. The van der Waals surface area contributed by atoms with Gasteiger partial charge in [-0.3, -0.25) is 4.79 Å². The molecule has 2 fully saturated rings. The molecule has 1 aromatic rings. The molecule has 0 spiro atoms. The van der Waals surface area contributed by atoms with Crippen LogP contribution >= 0.6 is 0 Å². The molecular weight excluding hydrogens is 390 g/mol. The van der Waals surface area contributed by atoms with Crippen LogP contribution in [-0.4, -0.2) is 65.6 Å². The number of hydrogen-bond acceptors (Lipinski definition) is 6. The first kappa shape index (κ1) is 20.3. The van der Waals surface area contributed by atoms with Crippen LogP contribution in [-0.2, 0) is 9.47 Å². The Labute approximate surface area is 175 Å². The summed E-state index contributed by atoms with van der Waals surface area (Å²) in [5, 5.41) is 5.73. The molecule has 2 aliphatic heterocycles. The first-order valence-electron chi connectivity index (χ1n) is 10.2. The van der Waals surface area contributed by atoms with Gasteiger partial charge in [-0.25, -0.2) is 19.6 Å². The van der Waals surface area contributed by atoms with Gasteiger partial charge in [-0.15, -0.1) is 0 Å². The Hall–Kier alpha value is -2.97. The van der Waals surface area contributed by atoms with Crippen molar-refractivity contribution < 1.29 is 28.6 Å². The van der Waals surface area contributed by atoms with E-state index in [1.54, 1.807) is 46.9 Å². The second-order valence-electron chi connectivity index (χ2n) is 8.40. The fourth-order valence-electron chi connectivity index (χ4n) is 4.77. The molecule has 4 rings (SSSR count). The lowest BCUT2D eigenvalue weighted by atomic mass is 9.82. The van der Waals surface area contributed by atoms with Crippen LogP contribution in [0.1, 0.15) is 56.0 Å². The molecule has 9 nitrogen and oxygen atoms in total. The highest BCUT2D eigenvalue weighted by atomic mass is 16.6. The van der Waals surface area contributed by atoms with Gasteiger partial charge in [-0.2, -0.15) is 0 Å². The Morgan fingerprint density at radius 2 is 1.63 bits per heavy atom. The molecular formula is C21H27N3O6. The number of hydrogen-bond donors (Lipinski definition) is 1. The third-order valence-electron chi connectivity index (χ3n) is 5.77. The fraction of sp³-hybridized carbons (Fsp3) is 0.571. The maximum absolute atomic E-state index is 13.0. The number of nitrogens with zero attached hydrogens (tertiary/aromatic N) is 2. The molecule has 4 atom stereocenters. The van der Waals surface area contributed by atoms with Crippen molar-refractivity contribution in [3.63, 3.8) is 0 Å². The molecule has 3 amide bonds. The Bertz CT molecular complexity index is 885. The number of carbonyl (C=O) groups is 3. The maximum atomic E-state index is 13.0. The van der Waals surface area contributed by atoms with Crippen LogP contribution < -0.4 is 10.1 Å². The fourth-order valence-corrected chi connectivity index (χ4v) is 4.77. The van der Waals surface area contributed by atoms with Crippen molar-refractivity contribution in [2.45, 2.75) is 70.4 Å². The first-order chi connectivity index (χ1) is 14.2. The Morgan fingerprint density at radius 3 is 2.20 bits per heavy atom. The number of nitrogens with one attached hydrogen (secondary N) is 1. The van der Waals surface area contributed by atoms with Crippen molar-refractivity contribution in [1.82, 2.24) is 15.3 Å². The molecule has 0 unspecified atom stereocenters. The quantitative estimate of drug-likeness (QED) is 0.812. The van der Waals surface area contributed by atoms with Gasteiger partial charge < -0.3 is 19.5 Å². The highest BCUT2D eigenvalue weighted by molar-refractivity contribution is 5.98. The highest BCUT2D eigenvalue weighted by Crippen LogP contribution is 2.50. The molecule has 30 heavy (non-hydrogen) atoms. The molecule has 1 saturated heterocycles. The van der Waals surface area contributed by atoms with Gasteiger partial charge in [0, 0.05) is 11.5 Å². The number of rotatable bonds is 3. The third-order valence-corrected chi connectivity index (χ3v) is 5.77. The molecule has 0 radical (unpaired) electrons. The van der Waals surface area contributed by atoms with Crippen molar-refractivity contribution in [2.75, 3.05) is 7.11 Å². The van der Waals surface area contributed by atoms with E-state index in [0.29, 0.717) is 17.7 Å². The van der Waals surface area contributed by atoms with Crippen LogP contribution in [0.2, 0.25) is 0 Å². The van der Waals surface area contributed by atoms with E-state index in [4.69, 9.17) is 14.2 Å². The number of hydrazine groups is 1. The monoisotopic (exact) mass is 417 g/mol. The van der Waals surface area contributed by atoms with Gasteiger partial charge in [0.1, 0.15) is 5.75 Å². The average molecular weight is 417 g/mol. The first-order valence-corrected chi connectivity index (χ1v) is 10.2. The number of ether oxygens (including phenoxy) is 3. The lowest BCUT2D eigenvalue weighted by molar-refractivity contribution is -0.0643. The van der Waals surface area contributed by atoms with Crippen LogP contribution in [0.15, 0.2) is 18.2 Å². The molecule has 162 valence electrons. The summed E-state index contributed by atoms with van der Waals surface area (Å²) in [4.78, 5) is 38.6. The number of benzene rings is 1. The van der Waals surface area contributed by atoms with Crippen LogP contribution in [0.3, 0.4) is 0 Å². The van der Waals surface area contributed by atoms with Crippen molar-refractivity contribution in [3.05, 3.63) is 29.3 Å². The molecule has 9 heteroatoms. The zero-order valence-electron chi connectivity index (χ0n) is 17.7. The second kappa shape index (κ2) is 7.37. The standard InChI is InChI=1S/C21H27N3O6/c1-10(2)29-20(26)23-15-9-16(24(23)21(27)30-11(3)4)18-17(15)14-8-12(28-5)6-7-13(14)19(25)22-18/h6-8,10-11,15-18H,9H2,1-5H3,(H,22,25)/t15-,16+,17+,18-/m0/s1. The van der Waals surface area contributed by atoms with Gasteiger partial charge in [0.15, 0.2) is 0 Å². The van der Waals surface area contributed by atoms with Gasteiger partial charge >= 0.3 is 12.2 Å². The van der Waals surface area contributed by atoms with E-state index in [1.807, 2.05) is 6.07 Å². The predicted molar refractivity (Wildman–Crippen MR) is 106 cm³/mol. The van der Waals surface area contributed by atoms with E-state index < -0.39 is 18.2 Å². The van der Waals surface area contributed by atoms with Gasteiger partial charge in [-0.05, 0) is 57.9 Å². The molecule has 3 aliphatic rings. The summed E-state index contributed by atoms with van der Waals surface area (Å²) >= 11 is 0. The zero-order valence-corrected chi connectivity index (χ0v) is 17.7. The average Bonchev–Trinajstić information content (AvgIpc) is 3.23. The molecule has 1 saturated carbocycles. The smallest absolute Gasteiger partial charge is 0.429 e. The third kappa shape index (κ3) is 3.12. The van der Waals surface area contributed by atoms with Crippen molar-refractivity contribution in [1.29, 1.82) is 0 Å². The summed E-state index contributed by atoms with van der Waals surface area (Å²) in [5.74, 6) is 0.257. The molecule has 0 aromatic heterocycles. The van der Waals surface area contributed by atoms with E-state index >= 15 is 0 Å². The molecule has 1 N–H and O–H groups in total. The molecule has 1 aromatic carbocycles. The second-order valence-corrected chi connectivity index (χ2v) is 8.40. The van der Waals surface area contributed by atoms with Crippen molar-refractivity contribution >= 4 is 18.1 Å². The van der Waals surface area contributed by atoms with Gasteiger partial charge in [-0.1, -0.05) is 0 Å². The zero-order chi connectivity index (χ0) is 21.7. The number of carbonyl (C=O) groups excluding carboxylic acids is 3. The number of amides is 3. The molecule has 2 bridgehead atoms. The van der Waals surface area contributed by atoms with E-state index in [2.05, 4.69) is 5.32 Å². The summed E-state index contributed by atoms with van der Waals surface area (Å²) < 4.78 is 16.2. The Morgan fingerprint density at radius 1 is 1.03 bits per heavy atom. The number of methoxy groups -OCH3 is 1. The van der Waals surface area contributed by atoms with Crippen LogP contribution in [0, 0.1) is 0 Å². The van der Waals surface area contributed by atoms with Crippen molar-refractivity contribution in [2.24, 2.45) is 0 Å². The topological polar surface area (TPSA) is 97.4 Å². The lowest BCUT2D eigenvalue weighted by Crippen LogP contribution is -2.65. The Balaban J connectivity index is 1.75. The van der Waals surface area contributed by atoms with Gasteiger partial charge in [0.25, 0.3) is 5.91 Å². The SMILES string of the molecule is COc1ccc2c(c1)[C@H]1[C@@H](NC2=O)[C@H]2C[C@@H]1N(C(=O)OC(C)C)N2C(=O)OC(C)C. The predicted octanol–water partition coefficient (Wildman–Crippen LogP) is 2.65. The lowest BCUT2D eigenvalue weighted by Gasteiger charge is -2.46. The van der Waals surface area contributed by atoms with E-state index in [1.165, 1.54) is 10.0 Å². The van der Waals surface area contributed by atoms with Crippen LogP contribution in [0.25, 0.3) is 0 Å². The Kier molecular flexibility index (Phi) is 4.99. The minimum absolute atomic E-state index is 0.180. The van der Waals surface area contributed by atoms with Crippen molar-refractivity contribution in [3.8, 4) is 5.75 Å². The van der Waals surface area contributed by atoms with E-state index in [0.717, 1.165) is 5.56 Å². The highest BCUT2D eigenvalue weighted by Gasteiger charge is 2.63. The van der Waals surface area contributed by atoms with E-state index in [-0.39, 0.29) is 36.1 Å². The minimum atomic E-state index is -0.623. The minimum Gasteiger partial charge on any atom is -0.497 e. The van der Waals surface area contributed by atoms with Crippen LogP contribution in [0.4, 0.5) is 9.59 Å². The summed E-state index contributed by atoms with van der Waals surface area (Å²) in [6.45, 7) is 7.01. The van der Waals surface area contributed by atoms with Gasteiger partial charge in [0.2, 0.25) is 0 Å². The summed E-state index contributed by atoms with van der Waals surface area (Å²) in [6, 6.07) is 4.22. The maximum Gasteiger partial charge on any atom is 0.429 e. The normalized spacial score (nSPS) is 26.4.